The lowest BCUT2D eigenvalue weighted by molar-refractivity contribution is 0.413. The van der Waals surface area contributed by atoms with Crippen molar-refractivity contribution < 1.29 is 4.74 Å². The molecule has 0 fully saturated rings. The number of nitrogens with zero attached hydrogens (tertiary/aromatic N) is 4. The summed E-state index contributed by atoms with van der Waals surface area (Å²) in [6, 6.07) is 6.10. The molecule has 0 saturated heterocycles. The molecule has 0 radical (unpaired) electrons. The Kier molecular flexibility index (Phi) is 3.07. The molecule has 0 aliphatic rings. The van der Waals surface area contributed by atoms with E-state index in [1.54, 1.807) is 11.8 Å². The normalized spacial score (nSPS) is 11.6. The molecule has 96 valence electrons. The van der Waals surface area contributed by atoms with Gasteiger partial charge in [0.05, 0.1) is 7.11 Å². The smallest absolute Gasteiger partial charge is 0.181 e. The predicted molar refractivity (Wildman–Crippen MR) is 69.5 cm³/mol. The Hall–Kier alpha value is -1.91. The Morgan fingerprint density at radius 1 is 1.17 bits per heavy atom. The van der Waals surface area contributed by atoms with Gasteiger partial charge in [-0.1, -0.05) is 20.8 Å². The van der Waals surface area contributed by atoms with E-state index in [9.17, 15) is 0 Å². The highest BCUT2D eigenvalue weighted by Crippen LogP contribution is 2.30. The van der Waals surface area contributed by atoms with Gasteiger partial charge >= 0.3 is 0 Å². The first-order valence-corrected chi connectivity index (χ1v) is 5.84. The molecule has 0 saturated carbocycles. The third-order valence-electron chi connectivity index (χ3n) is 2.89. The van der Waals surface area contributed by atoms with Crippen molar-refractivity contribution in [3.8, 4) is 17.1 Å². The van der Waals surface area contributed by atoms with Crippen molar-refractivity contribution in [1.82, 2.24) is 20.2 Å². The second kappa shape index (κ2) is 4.40. The van der Waals surface area contributed by atoms with Gasteiger partial charge in [-0.2, -0.15) is 0 Å². The molecule has 0 spiro atoms. The molecule has 0 aliphatic carbocycles. The van der Waals surface area contributed by atoms with E-state index in [1.807, 2.05) is 19.2 Å². The topological polar surface area (TPSA) is 52.8 Å². The standard InChI is InChI=1S/C13H18N4O/c1-13(2,3)10-6-9(7-11(8-10)18-5)12-14-15-16-17(12)4/h6-8H,1-5H3. The molecule has 0 N–H and O–H groups in total. The van der Waals surface area contributed by atoms with Gasteiger partial charge in [-0.25, -0.2) is 4.68 Å². The van der Waals surface area contributed by atoms with E-state index in [0.717, 1.165) is 17.1 Å². The van der Waals surface area contributed by atoms with E-state index in [0.29, 0.717) is 0 Å². The molecule has 18 heavy (non-hydrogen) atoms. The van der Waals surface area contributed by atoms with Crippen LogP contribution in [0.3, 0.4) is 0 Å². The van der Waals surface area contributed by atoms with Crippen LogP contribution in [0.4, 0.5) is 0 Å². The molecule has 2 rings (SSSR count). The Labute approximate surface area is 107 Å². The van der Waals surface area contributed by atoms with Crippen LogP contribution in [0, 0.1) is 0 Å². The van der Waals surface area contributed by atoms with E-state index in [-0.39, 0.29) is 5.41 Å². The second-order valence-electron chi connectivity index (χ2n) is 5.33. The van der Waals surface area contributed by atoms with Crippen molar-refractivity contribution in [2.75, 3.05) is 7.11 Å². The summed E-state index contributed by atoms with van der Waals surface area (Å²) in [7, 11) is 3.49. The number of aryl methyl sites for hydroxylation is 1. The number of hydrogen-bond donors (Lipinski definition) is 0. The first kappa shape index (κ1) is 12.5. The fraction of sp³-hybridized carbons (Fsp3) is 0.462. The van der Waals surface area contributed by atoms with Gasteiger partial charge in [-0.05, 0) is 39.6 Å². The average molecular weight is 246 g/mol. The van der Waals surface area contributed by atoms with Crippen molar-refractivity contribution in [3.63, 3.8) is 0 Å². The third-order valence-corrected chi connectivity index (χ3v) is 2.89. The number of ether oxygens (including phenoxy) is 1. The van der Waals surface area contributed by atoms with Crippen LogP contribution in [0.15, 0.2) is 18.2 Å². The summed E-state index contributed by atoms with van der Waals surface area (Å²) in [4.78, 5) is 0. The molecule has 0 aliphatic heterocycles. The lowest BCUT2D eigenvalue weighted by Gasteiger charge is -2.20. The molecule has 0 bridgehead atoms. The van der Waals surface area contributed by atoms with Gasteiger partial charge in [0.1, 0.15) is 5.75 Å². The van der Waals surface area contributed by atoms with Crippen LogP contribution in [0.2, 0.25) is 0 Å². The summed E-state index contributed by atoms with van der Waals surface area (Å²) in [5.74, 6) is 1.56. The Bertz CT molecular complexity index is 554. The van der Waals surface area contributed by atoms with Crippen molar-refractivity contribution in [3.05, 3.63) is 23.8 Å². The molecule has 1 aromatic heterocycles. The number of aromatic nitrogens is 4. The van der Waals surface area contributed by atoms with Gasteiger partial charge in [0.15, 0.2) is 5.82 Å². The zero-order chi connectivity index (χ0) is 13.3. The predicted octanol–water partition coefficient (Wildman–Crippen LogP) is 2.18. The molecule has 2 aromatic rings. The van der Waals surface area contributed by atoms with E-state index < -0.39 is 0 Å². The molecular weight excluding hydrogens is 228 g/mol. The monoisotopic (exact) mass is 246 g/mol. The lowest BCUT2D eigenvalue weighted by Crippen LogP contribution is -2.11. The van der Waals surface area contributed by atoms with E-state index in [2.05, 4.69) is 42.4 Å². The molecule has 5 heteroatoms. The fourth-order valence-electron chi connectivity index (χ4n) is 1.75. The van der Waals surface area contributed by atoms with Crippen molar-refractivity contribution in [2.45, 2.75) is 26.2 Å². The van der Waals surface area contributed by atoms with Gasteiger partial charge in [0, 0.05) is 12.6 Å². The van der Waals surface area contributed by atoms with Crippen LogP contribution >= 0.6 is 0 Å². The van der Waals surface area contributed by atoms with Crippen LogP contribution in [0.1, 0.15) is 26.3 Å². The Balaban J connectivity index is 2.58. The number of methoxy groups -OCH3 is 1. The van der Waals surface area contributed by atoms with Gasteiger partial charge in [0.2, 0.25) is 0 Å². The van der Waals surface area contributed by atoms with Crippen LogP contribution in [-0.4, -0.2) is 27.3 Å². The lowest BCUT2D eigenvalue weighted by atomic mass is 9.86. The summed E-state index contributed by atoms with van der Waals surface area (Å²) in [5, 5.41) is 11.6. The summed E-state index contributed by atoms with van der Waals surface area (Å²) < 4.78 is 7.00. The molecule has 0 atom stereocenters. The van der Waals surface area contributed by atoms with Gasteiger partial charge < -0.3 is 4.74 Å². The summed E-state index contributed by atoms with van der Waals surface area (Å²) in [6.45, 7) is 6.50. The number of rotatable bonds is 2. The summed E-state index contributed by atoms with van der Waals surface area (Å²) >= 11 is 0. The third kappa shape index (κ3) is 2.34. The molecule has 1 aromatic carbocycles. The SMILES string of the molecule is COc1cc(-c2nnnn2C)cc(C(C)(C)C)c1. The van der Waals surface area contributed by atoms with Crippen LogP contribution in [-0.2, 0) is 12.5 Å². The quantitative estimate of drug-likeness (QED) is 0.815. The zero-order valence-corrected chi connectivity index (χ0v) is 11.4. The highest BCUT2D eigenvalue weighted by molar-refractivity contribution is 5.59. The Morgan fingerprint density at radius 2 is 1.89 bits per heavy atom. The van der Waals surface area contributed by atoms with Crippen LogP contribution in [0.5, 0.6) is 5.75 Å². The first-order chi connectivity index (χ1) is 8.41. The minimum absolute atomic E-state index is 0.0509. The minimum atomic E-state index is 0.0509. The van der Waals surface area contributed by atoms with Crippen molar-refractivity contribution >= 4 is 0 Å². The maximum atomic E-state index is 5.35. The molecule has 5 nitrogen and oxygen atoms in total. The molecule has 1 heterocycles. The maximum absolute atomic E-state index is 5.35. The molecule has 0 amide bonds. The average Bonchev–Trinajstić information content (AvgIpc) is 2.73. The summed E-state index contributed by atoms with van der Waals surface area (Å²) in [6.07, 6.45) is 0. The Morgan fingerprint density at radius 3 is 2.39 bits per heavy atom. The van der Waals surface area contributed by atoms with E-state index >= 15 is 0 Å². The number of tetrazole rings is 1. The van der Waals surface area contributed by atoms with E-state index in [1.165, 1.54) is 5.56 Å². The molecule has 0 unspecified atom stereocenters. The number of hydrogen-bond acceptors (Lipinski definition) is 4. The number of benzene rings is 1. The van der Waals surface area contributed by atoms with E-state index in [4.69, 9.17) is 4.74 Å². The van der Waals surface area contributed by atoms with Gasteiger partial charge in [0.25, 0.3) is 0 Å². The largest absolute Gasteiger partial charge is 0.497 e. The van der Waals surface area contributed by atoms with Gasteiger partial charge in [-0.15, -0.1) is 5.10 Å². The first-order valence-electron chi connectivity index (χ1n) is 5.84. The zero-order valence-electron chi connectivity index (χ0n) is 11.4. The van der Waals surface area contributed by atoms with Crippen LogP contribution in [0.25, 0.3) is 11.4 Å². The highest BCUT2D eigenvalue weighted by Gasteiger charge is 2.17. The molecular formula is C13H18N4O. The van der Waals surface area contributed by atoms with Crippen molar-refractivity contribution in [2.24, 2.45) is 7.05 Å². The van der Waals surface area contributed by atoms with Gasteiger partial charge in [-0.3, -0.25) is 0 Å². The fourth-order valence-corrected chi connectivity index (χ4v) is 1.75. The van der Waals surface area contributed by atoms with Crippen molar-refractivity contribution in [1.29, 1.82) is 0 Å². The maximum Gasteiger partial charge on any atom is 0.181 e. The second-order valence-corrected chi connectivity index (χ2v) is 5.33. The van der Waals surface area contributed by atoms with Crippen LogP contribution < -0.4 is 4.74 Å². The minimum Gasteiger partial charge on any atom is -0.497 e. The highest BCUT2D eigenvalue weighted by atomic mass is 16.5. The summed E-state index contributed by atoms with van der Waals surface area (Å²) in [5.41, 5.74) is 2.21.